The summed E-state index contributed by atoms with van der Waals surface area (Å²) in [6.07, 6.45) is 0. The highest BCUT2D eigenvalue weighted by molar-refractivity contribution is 9.10. The smallest absolute Gasteiger partial charge is 0.263 e. The SMILES string of the molecule is O=C(NO)C1CN(C(=O)c2ccccc2Br)CCN1S(=O)(=O)c1ccccc1. The Labute approximate surface area is 170 Å². The van der Waals surface area contributed by atoms with Crippen LogP contribution >= 0.6 is 15.9 Å². The number of carbonyl (C=O) groups is 2. The third-order valence-electron chi connectivity index (χ3n) is 4.49. The van der Waals surface area contributed by atoms with Crippen LogP contribution in [-0.4, -0.2) is 60.3 Å². The van der Waals surface area contributed by atoms with Gasteiger partial charge in [0.2, 0.25) is 10.0 Å². The number of hydrogen-bond acceptors (Lipinski definition) is 5. The summed E-state index contributed by atoms with van der Waals surface area (Å²) in [6, 6.07) is 13.3. The highest BCUT2D eigenvalue weighted by Crippen LogP contribution is 2.24. The summed E-state index contributed by atoms with van der Waals surface area (Å²) in [4.78, 5) is 26.5. The van der Waals surface area contributed by atoms with Gasteiger partial charge in [0.1, 0.15) is 6.04 Å². The normalized spacial score (nSPS) is 17.9. The quantitative estimate of drug-likeness (QED) is 0.522. The Kier molecular flexibility index (Phi) is 6.14. The molecule has 0 radical (unpaired) electrons. The molecule has 0 bridgehead atoms. The summed E-state index contributed by atoms with van der Waals surface area (Å²) >= 11 is 3.32. The maximum atomic E-state index is 13.0. The maximum absolute atomic E-state index is 13.0. The van der Waals surface area contributed by atoms with Gasteiger partial charge in [-0.25, -0.2) is 13.9 Å². The molecule has 28 heavy (non-hydrogen) atoms. The van der Waals surface area contributed by atoms with Crippen molar-refractivity contribution >= 4 is 37.8 Å². The number of benzene rings is 2. The number of piperazine rings is 1. The van der Waals surface area contributed by atoms with Crippen LogP contribution in [0.4, 0.5) is 0 Å². The number of hydrogen-bond donors (Lipinski definition) is 2. The van der Waals surface area contributed by atoms with E-state index in [0.717, 1.165) is 4.31 Å². The van der Waals surface area contributed by atoms with Crippen LogP contribution in [0.2, 0.25) is 0 Å². The van der Waals surface area contributed by atoms with Gasteiger partial charge >= 0.3 is 0 Å². The molecule has 1 unspecified atom stereocenters. The minimum atomic E-state index is -3.97. The number of carbonyl (C=O) groups excluding carboxylic acids is 2. The van der Waals surface area contributed by atoms with Crippen LogP contribution in [0.5, 0.6) is 0 Å². The molecule has 0 spiro atoms. The number of nitrogens with one attached hydrogen (secondary N) is 1. The van der Waals surface area contributed by atoms with Crippen molar-refractivity contribution < 1.29 is 23.2 Å². The average molecular weight is 468 g/mol. The number of amides is 2. The Balaban J connectivity index is 1.90. The first-order valence-electron chi connectivity index (χ1n) is 8.41. The fourth-order valence-electron chi connectivity index (χ4n) is 3.06. The van der Waals surface area contributed by atoms with Crippen LogP contribution < -0.4 is 5.48 Å². The fraction of sp³-hybridized carbons (Fsp3) is 0.222. The van der Waals surface area contributed by atoms with Gasteiger partial charge in [-0.2, -0.15) is 4.31 Å². The van der Waals surface area contributed by atoms with Gasteiger partial charge in [0.25, 0.3) is 11.8 Å². The van der Waals surface area contributed by atoms with Crippen LogP contribution in [0.1, 0.15) is 10.4 Å². The van der Waals surface area contributed by atoms with Gasteiger partial charge in [-0.3, -0.25) is 14.8 Å². The van der Waals surface area contributed by atoms with Crippen molar-refractivity contribution in [1.82, 2.24) is 14.7 Å². The molecule has 148 valence electrons. The molecule has 1 fully saturated rings. The van der Waals surface area contributed by atoms with Crippen molar-refractivity contribution in [3.05, 3.63) is 64.6 Å². The predicted molar refractivity (Wildman–Crippen MR) is 104 cm³/mol. The summed E-state index contributed by atoms with van der Waals surface area (Å²) in [6.45, 7) is -0.147. The number of rotatable bonds is 4. The first-order chi connectivity index (χ1) is 13.4. The summed E-state index contributed by atoms with van der Waals surface area (Å²) in [5, 5.41) is 9.10. The van der Waals surface area contributed by atoms with Gasteiger partial charge in [0.15, 0.2) is 0 Å². The Morgan fingerprint density at radius 1 is 1.04 bits per heavy atom. The first-order valence-corrected chi connectivity index (χ1v) is 10.6. The zero-order valence-electron chi connectivity index (χ0n) is 14.7. The van der Waals surface area contributed by atoms with Gasteiger partial charge in [-0.15, -0.1) is 0 Å². The van der Waals surface area contributed by atoms with E-state index >= 15 is 0 Å². The third-order valence-corrected chi connectivity index (χ3v) is 7.10. The fourth-order valence-corrected chi connectivity index (χ4v) is 5.11. The Morgan fingerprint density at radius 2 is 1.68 bits per heavy atom. The second kappa shape index (κ2) is 8.39. The molecular weight excluding hydrogens is 450 g/mol. The first kappa shape index (κ1) is 20.5. The number of nitrogens with zero attached hydrogens (tertiary/aromatic N) is 2. The number of sulfonamides is 1. The standard InChI is InChI=1S/C18H18BrN3O5S/c19-15-9-5-4-8-14(15)18(24)21-10-11-22(16(12-21)17(23)20-25)28(26,27)13-6-2-1-3-7-13/h1-9,16,25H,10-12H2,(H,20,23). The Hall–Kier alpha value is -2.27. The molecule has 3 rings (SSSR count). The molecule has 1 heterocycles. The second-order valence-corrected chi connectivity index (χ2v) is 8.90. The van der Waals surface area contributed by atoms with Crippen LogP contribution in [0.3, 0.4) is 0 Å². The molecule has 1 saturated heterocycles. The topological polar surface area (TPSA) is 107 Å². The van der Waals surface area contributed by atoms with Crippen LogP contribution in [0, 0.1) is 0 Å². The zero-order valence-corrected chi connectivity index (χ0v) is 17.1. The minimum absolute atomic E-state index is 0.0383. The second-order valence-electron chi connectivity index (χ2n) is 6.15. The van der Waals surface area contributed by atoms with Gasteiger partial charge < -0.3 is 4.90 Å². The molecule has 2 aromatic rings. The molecule has 0 saturated carbocycles. The van der Waals surface area contributed by atoms with E-state index in [9.17, 15) is 18.0 Å². The monoisotopic (exact) mass is 467 g/mol. The lowest BCUT2D eigenvalue weighted by Crippen LogP contribution is -2.61. The third kappa shape index (κ3) is 3.95. The van der Waals surface area contributed by atoms with Gasteiger partial charge in [-0.1, -0.05) is 30.3 Å². The van der Waals surface area contributed by atoms with Gasteiger partial charge in [-0.05, 0) is 40.2 Å². The summed E-state index contributed by atoms with van der Waals surface area (Å²) in [7, 11) is -3.97. The molecule has 10 heteroatoms. The van der Waals surface area contributed by atoms with E-state index in [-0.39, 0.29) is 30.4 Å². The van der Waals surface area contributed by atoms with Crippen molar-refractivity contribution in [1.29, 1.82) is 0 Å². The molecule has 1 atom stereocenters. The lowest BCUT2D eigenvalue weighted by atomic mass is 10.1. The molecule has 2 amide bonds. The van der Waals surface area contributed by atoms with Crippen molar-refractivity contribution in [2.24, 2.45) is 0 Å². The summed E-state index contributed by atoms with van der Waals surface area (Å²) < 4.78 is 27.6. The highest BCUT2D eigenvalue weighted by atomic mass is 79.9. The van der Waals surface area contributed by atoms with Crippen molar-refractivity contribution in [2.45, 2.75) is 10.9 Å². The number of halogens is 1. The molecule has 1 aliphatic rings. The maximum Gasteiger partial charge on any atom is 0.263 e. The predicted octanol–water partition coefficient (Wildman–Crippen LogP) is 1.47. The molecule has 1 aliphatic heterocycles. The molecule has 2 N–H and O–H groups in total. The van der Waals surface area contributed by atoms with Gasteiger partial charge in [0, 0.05) is 24.1 Å². The van der Waals surface area contributed by atoms with Crippen molar-refractivity contribution in [3.8, 4) is 0 Å². The summed E-state index contributed by atoms with van der Waals surface area (Å²) in [5.74, 6) is -1.23. The largest absolute Gasteiger partial charge is 0.335 e. The van der Waals surface area contributed by atoms with Crippen LogP contribution in [-0.2, 0) is 14.8 Å². The van der Waals surface area contributed by atoms with Crippen LogP contribution in [0.25, 0.3) is 0 Å². The highest BCUT2D eigenvalue weighted by Gasteiger charge is 2.41. The van der Waals surface area contributed by atoms with Gasteiger partial charge in [0.05, 0.1) is 10.5 Å². The van der Waals surface area contributed by atoms with E-state index in [2.05, 4.69) is 15.9 Å². The van der Waals surface area contributed by atoms with E-state index in [1.807, 2.05) is 0 Å². The zero-order chi connectivity index (χ0) is 20.3. The van der Waals surface area contributed by atoms with E-state index in [1.54, 1.807) is 42.5 Å². The van der Waals surface area contributed by atoms with E-state index in [4.69, 9.17) is 5.21 Å². The van der Waals surface area contributed by atoms with Crippen molar-refractivity contribution in [3.63, 3.8) is 0 Å². The minimum Gasteiger partial charge on any atom is -0.335 e. The van der Waals surface area contributed by atoms with E-state index < -0.39 is 22.0 Å². The Bertz CT molecular complexity index is 984. The lowest BCUT2D eigenvalue weighted by molar-refractivity contribution is -0.134. The summed E-state index contributed by atoms with van der Waals surface area (Å²) in [5.41, 5.74) is 1.91. The molecule has 0 aliphatic carbocycles. The average Bonchev–Trinajstić information content (AvgIpc) is 2.73. The van der Waals surface area contributed by atoms with E-state index in [0.29, 0.717) is 10.0 Å². The van der Waals surface area contributed by atoms with E-state index in [1.165, 1.54) is 22.5 Å². The number of hydroxylamine groups is 1. The molecule has 8 nitrogen and oxygen atoms in total. The Morgan fingerprint density at radius 3 is 2.32 bits per heavy atom. The van der Waals surface area contributed by atoms with Crippen LogP contribution in [0.15, 0.2) is 64.0 Å². The molecular formula is C18H18BrN3O5S. The van der Waals surface area contributed by atoms with Crippen molar-refractivity contribution in [2.75, 3.05) is 19.6 Å². The molecule has 2 aromatic carbocycles. The lowest BCUT2D eigenvalue weighted by Gasteiger charge is -2.39. The molecule has 0 aromatic heterocycles.